The van der Waals surface area contributed by atoms with Crippen molar-refractivity contribution in [3.8, 4) is 11.5 Å². The Morgan fingerprint density at radius 1 is 1.50 bits per heavy atom. The number of hydrogen-bond acceptors (Lipinski definition) is 4. The van der Waals surface area contributed by atoms with Crippen molar-refractivity contribution in [3.63, 3.8) is 0 Å². The summed E-state index contributed by atoms with van der Waals surface area (Å²) in [6, 6.07) is 5.23. The largest absolute Gasteiger partial charge is 0.504 e. The van der Waals surface area contributed by atoms with E-state index in [1.54, 1.807) is 18.3 Å². The quantitative estimate of drug-likeness (QED) is 0.784. The van der Waals surface area contributed by atoms with E-state index in [2.05, 4.69) is 22.4 Å². The molecule has 0 bridgehead atoms. The Labute approximate surface area is 141 Å². The summed E-state index contributed by atoms with van der Waals surface area (Å²) >= 11 is 0. The van der Waals surface area contributed by atoms with Gasteiger partial charge < -0.3 is 15.2 Å². The van der Waals surface area contributed by atoms with Crippen LogP contribution in [-0.4, -0.2) is 34.9 Å². The van der Waals surface area contributed by atoms with Gasteiger partial charge in [-0.2, -0.15) is 5.10 Å². The molecule has 0 saturated carbocycles. The Hall–Kier alpha value is -2.50. The van der Waals surface area contributed by atoms with E-state index >= 15 is 0 Å². The molecule has 6 nitrogen and oxygen atoms in total. The maximum Gasteiger partial charge on any atom is 0.227 e. The number of aryl methyl sites for hydroxylation is 1. The molecule has 2 atom stereocenters. The van der Waals surface area contributed by atoms with Crippen LogP contribution in [0, 0.1) is 5.92 Å². The van der Waals surface area contributed by atoms with E-state index in [0.29, 0.717) is 24.6 Å². The molecule has 1 aliphatic rings. The number of methoxy groups -OCH3 is 1. The second-order valence-electron chi connectivity index (χ2n) is 6.34. The molecule has 0 radical (unpaired) electrons. The number of aromatic nitrogens is 2. The third-order valence-electron chi connectivity index (χ3n) is 4.74. The lowest BCUT2D eigenvalue weighted by molar-refractivity contribution is -0.123. The summed E-state index contributed by atoms with van der Waals surface area (Å²) < 4.78 is 5.10. The van der Waals surface area contributed by atoms with Gasteiger partial charge in [0, 0.05) is 17.8 Å². The number of phenols is 1. The summed E-state index contributed by atoms with van der Waals surface area (Å²) in [7, 11) is 1.52. The first-order valence-electron chi connectivity index (χ1n) is 8.26. The minimum Gasteiger partial charge on any atom is -0.504 e. The minimum atomic E-state index is -0.137. The van der Waals surface area contributed by atoms with Gasteiger partial charge >= 0.3 is 0 Å². The lowest BCUT2D eigenvalue weighted by Gasteiger charge is -2.27. The van der Waals surface area contributed by atoms with Gasteiger partial charge in [-0.05, 0) is 42.9 Å². The summed E-state index contributed by atoms with van der Waals surface area (Å²) in [5.41, 5.74) is 3.11. The van der Waals surface area contributed by atoms with E-state index in [1.165, 1.54) is 7.11 Å². The third-order valence-corrected chi connectivity index (χ3v) is 4.74. The van der Waals surface area contributed by atoms with Crippen LogP contribution in [0.15, 0.2) is 24.4 Å². The molecule has 0 spiro atoms. The lowest BCUT2D eigenvalue weighted by Crippen LogP contribution is -2.36. The number of rotatable bonds is 5. The van der Waals surface area contributed by atoms with Gasteiger partial charge in [-0.1, -0.05) is 13.0 Å². The number of carbonyl (C=O) groups excluding carboxylic acids is 1. The first kappa shape index (κ1) is 16.4. The number of hydrogen-bond donors (Lipinski definition) is 3. The van der Waals surface area contributed by atoms with Crippen LogP contribution >= 0.6 is 0 Å². The molecule has 3 rings (SSSR count). The van der Waals surface area contributed by atoms with Gasteiger partial charge in [-0.3, -0.25) is 9.89 Å². The molecule has 0 aliphatic heterocycles. The SMILES string of the molecule is COc1cc(CCNC(=O)C2c3cn[nH]c3CCC2C)ccc1O. The number of amides is 1. The summed E-state index contributed by atoms with van der Waals surface area (Å²) in [5.74, 6) is 0.790. The van der Waals surface area contributed by atoms with Crippen molar-refractivity contribution in [1.82, 2.24) is 15.5 Å². The zero-order chi connectivity index (χ0) is 17.1. The molecule has 1 heterocycles. The summed E-state index contributed by atoms with van der Waals surface area (Å²) in [6.45, 7) is 2.66. The number of fused-ring (bicyclic) bond motifs is 1. The number of carbonyl (C=O) groups is 1. The van der Waals surface area contributed by atoms with E-state index < -0.39 is 0 Å². The Balaban J connectivity index is 1.60. The van der Waals surface area contributed by atoms with Crippen LogP contribution in [0.3, 0.4) is 0 Å². The van der Waals surface area contributed by atoms with Gasteiger partial charge in [0.15, 0.2) is 11.5 Å². The van der Waals surface area contributed by atoms with E-state index in [-0.39, 0.29) is 17.6 Å². The summed E-state index contributed by atoms with van der Waals surface area (Å²) in [5, 5.41) is 19.7. The number of nitrogens with one attached hydrogen (secondary N) is 2. The summed E-state index contributed by atoms with van der Waals surface area (Å²) in [4.78, 5) is 12.6. The van der Waals surface area contributed by atoms with Crippen LogP contribution in [-0.2, 0) is 17.6 Å². The van der Waals surface area contributed by atoms with Crippen molar-refractivity contribution >= 4 is 5.91 Å². The maximum absolute atomic E-state index is 12.6. The van der Waals surface area contributed by atoms with Crippen molar-refractivity contribution < 1.29 is 14.6 Å². The normalized spacial score (nSPS) is 19.6. The highest BCUT2D eigenvalue weighted by molar-refractivity contribution is 5.84. The average molecular weight is 329 g/mol. The molecule has 1 amide bonds. The summed E-state index contributed by atoms with van der Waals surface area (Å²) in [6.07, 6.45) is 4.40. The minimum absolute atomic E-state index is 0.0515. The number of benzene rings is 1. The van der Waals surface area contributed by atoms with E-state index in [4.69, 9.17) is 4.74 Å². The van der Waals surface area contributed by atoms with Crippen LogP contribution in [0.2, 0.25) is 0 Å². The molecule has 128 valence electrons. The molecule has 24 heavy (non-hydrogen) atoms. The molecular formula is C18H23N3O3. The van der Waals surface area contributed by atoms with Crippen molar-refractivity contribution in [2.24, 2.45) is 5.92 Å². The highest BCUT2D eigenvalue weighted by atomic mass is 16.5. The van der Waals surface area contributed by atoms with Gasteiger partial charge in [0.2, 0.25) is 5.91 Å². The van der Waals surface area contributed by atoms with Crippen molar-refractivity contribution in [3.05, 3.63) is 41.2 Å². The molecule has 0 fully saturated rings. The van der Waals surface area contributed by atoms with Crippen molar-refractivity contribution in [1.29, 1.82) is 0 Å². The molecule has 6 heteroatoms. The second kappa shape index (κ2) is 6.95. The Kier molecular flexibility index (Phi) is 4.74. The van der Waals surface area contributed by atoms with E-state index in [1.807, 2.05) is 6.07 Å². The zero-order valence-corrected chi connectivity index (χ0v) is 14.0. The number of phenolic OH excluding ortho intramolecular Hbond substituents is 1. The monoisotopic (exact) mass is 329 g/mol. The van der Waals surface area contributed by atoms with Crippen molar-refractivity contribution in [2.45, 2.75) is 32.1 Å². The zero-order valence-electron chi connectivity index (χ0n) is 14.0. The molecule has 1 aliphatic carbocycles. The van der Waals surface area contributed by atoms with Gasteiger partial charge in [0.05, 0.1) is 19.2 Å². The Bertz CT molecular complexity index is 726. The van der Waals surface area contributed by atoms with Crippen LogP contribution in [0.25, 0.3) is 0 Å². The topological polar surface area (TPSA) is 87.2 Å². The highest BCUT2D eigenvalue weighted by Gasteiger charge is 2.33. The van der Waals surface area contributed by atoms with Gasteiger partial charge in [0.25, 0.3) is 0 Å². The second-order valence-corrected chi connectivity index (χ2v) is 6.34. The Morgan fingerprint density at radius 2 is 2.33 bits per heavy atom. The van der Waals surface area contributed by atoms with E-state index in [9.17, 15) is 9.90 Å². The lowest BCUT2D eigenvalue weighted by atomic mass is 9.78. The molecule has 3 N–H and O–H groups in total. The van der Waals surface area contributed by atoms with Gasteiger partial charge in [-0.15, -0.1) is 0 Å². The molecule has 1 aromatic heterocycles. The Morgan fingerprint density at radius 3 is 3.12 bits per heavy atom. The predicted octanol–water partition coefficient (Wildman–Crippen LogP) is 2.15. The van der Waals surface area contributed by atoms with Crippen LogP contribution in [0.5, 0.6) is 11.5 Å². The fourth-order valence-electron chi connectivity index (χ4n) is 3.35. The number of aromatic amines is 1. The highest BCUT2D eigenvalue weighted by Crippen LogP contribution is 2.35. The van der Waals surface area contributed by atoms with Crippen LogP contribution in [0.1, 0.15) is 36.1 Å². The van der Waals surface area contributed by atoms with Crippen LogP contribution < -0.4 is 10.1 Å². The van der Waals surface area contributed by atoms with Crippen LogP contribution in [0.4, 0.5) is 0 Å². The standard InChI is InChI=1S/C18H23N3O3/c1-11-3-5-14-13(10-20-21-14)17(11)18(23)19-8-7-12-4-6-15(22)16(9-12)24-2/h4,6,9-11,17,22H,3,5,7-8H2,1-2H3,(H,19,23)(H,20,21). The smallest absolute Gasteiger partial charge is 0.227 e. The average Bonchev–Trinajstić information content (AvgIpc) is 3.04. The molecule has 1 aromatic carbocycles. The molecular weight excluding hydrogens is 306 g/mol. The number of ether oxygens (including phenoxy) is 1. The molecule has 2 unspecified atom stereocenters. The van der Waals surface area contributed by atoms with Crippen molar-refractivity contribution in [2.75, 3.05) is 13.7 Å². The van der Waals surface area contributed by atoms with E-state index in [0.717, 1.165) is 29.7 Å². The predicted molar refractivity (Wildman–Crippen MR) is 90.2 cm³/mol. The third kappa shape index (κ3) is 3.22. The first-order valence-corrected chi connectivity index (χ1v) is 8.26. The fourth-order valence-corrected chi connectivity index (χ4v) is 3.35. The first-order chi connectivity index (χ1) is 11.6. The molecule has 2 aromatic rings. The van der Waals surface area contributed by atoms with Gasteiger partial charge in [0.1, 0.15) is 0 Å². The number of aromatic hydroxyl groups is 1. The number of H-pyrrole nitrogens is 1. The molecule has 0 saturated heterocycles. The number of nitrogens with zero attached hydrogens (tertiary/aromatic N) is 1. The maximum atomic E-state index is 12.6. The van der Waals surface area contributed by atoms with Gasteiger partial charge in [-0.25, -0.2) is 0 Å². The fraction of sp³-hybridized carbons (Fsp3) is 0.444.